The second-order valence-corrected chi connectivity index (χ2v) is 5.04. The van der Waals surface area contributed by atoms with Crippen molar-refractivity contribution in [2.75, 3.05) is 13.2 Å². The monoisotopic (exact) mass is 302 g/mol. The molecule has 0 aliphatic carbocycles. The van der Waals surface area contributed by atoms with E-state index in [-0.39, 0.29) is 0 Å². The summed E-state index contributed by atoms with van der Waals surface area (Å²) in [6.07, 6.45) is -5.83. The highest BCUT2D eigenvalue weighted by Crippen LogP contribution is 2.32. The molecule has 7 heteroatoms. The van der Waals surface area contributed by atoms with Crippen molar-refractivity contribution < 1.29 is 34.3 Å². The van der Waals surface area contributed by atoms with Crippen LogP contribution in [0.3, 0.4) is 0 Å². The van der Waals surface area contributed by atoms with Gasteiger partial charge in [0.2, 0.25) is 0 Å². The number of rotatable bonds is 4. The zero-order valence-corrected chi connectivity index (χ0v) is 11.5. The summed E-state index contributed by atoms with van der Waals surface area (Å²) < 4.78 is 24.4. The molecular formula is C14H19FO6. The summed E-state index contributed by atoms with van der Waals surface area (Å²) in [5.74, 6) is -0.439. The van der Waals surface area contributed by atoms with E-state index in [9.17, 15) is 19.7 Å². The molecule has 0 saturated carbocycles. The van der Waals surface area contributed by atoms with E-state index < -0.39 is 49.7 Å². The minimum absolute atomic E-state index is 0.360. The second-order valence-electron chi connectivity index (χ2n) is 5.04. The lowest BCUT2D eigenvalue weighted by molar-refractivity contribution is -0.310. The lowest BCUT2D eigenvalue weighted by Crippen LogP contribution is -2.54. The van der Waals surface area contributed by atoms with Gasteiger partial charge in [-0.05, 0) is 18.6 Å². The minimum atomic E-state index is -1.34. The minimum Gasteiger partial charge on any atom is -0.394 e. The standard InChI is InChI=1S/C14H19FO6/c1-7-2-3-8(4-9(7)15)14-20-11(6-17)12(19)13(21-14)10(18)5-16/h2-4,10-14,16-19H,5-6H2,1H3/t10-,11+,12-,13-,14?/m1/s1. The van der Waals surface area contributed by atoms with E-state index in [0.717, 1.165) is 0 Å². The van der Waals surface area contributed by atoms with E-state index in [0.29, 0.717) is 11.1 Å². The topological polar surface area (TPSA) is 99.4 Å². The average Bonchev–Trinajstić information content (AvgIpc) is 2.49. The molecule has 0 amide bonds. The van der Waals surface area contributed by atoms with Crippen molar-refractivity contribution in [2.24, 2.45) is 0 Å². The molecule has 1 aliphatic rings. The van der Waals surface area contributed by atoms with E-state index >= 15 is 0 Å². The highest BCUT2D eigenvalue weighted by Gasteiger charge is 2.42. The van der Waals surface area contributed by atoms with Crippen molar-refractivity contribution in [2.45, 2.75) is 37.6 Å². The van der Waals surface area contributed by atoms with Crippen LogP contribution < -0.4 is 0 Å². The molecule has 0 bridgehead atoms. The average molecular weight is 302 g/mol. The third kappa shape index (κ3) is 3.39. The number of aliphatic hydroxyl groups is 4. The Bertz CT molecular complexity index is 483. The quantitative estimate of drug-likeness (QED) is 0.605. The molecule has 4 N–H and O–H groups in total. The van der Waals surface area contributed by atoms with Gasteiger partial charge in [-0.3, -0.25) is 0 Å². The Morgan fingerprint density at radius 2 is 2.00 bits per heavy atom. The molecule has 1 aromatic rings. The molecule has 0 spiro atoms. The van der Waals surface area contributed by atoms with Gasteiger partial charge in [-0.15, -0.1) is 0 Å². The van der Waals surface area contributed by atoms with Crippen LogP contribution in [-0.2, 0) is 9.47 Å². The van der Waals surface area contributed by atoms with Gasteiger partial charge in [-0.2, -0.15) is 0 Å². The summed E-state index contributed by atoms with van der Waals surface area (Å²) in [7, 11) is 0. The van der Waals surface area contributed by atoms with Crippen LogP contribution in [0.25, 0.3) is 0 Å². The molecule has 1 heterocycles. The number of halogens is 1. The number of ether oxygens (including phenoxy) is 2. The fourth-order valence-corrected chi connectivity index (χ4v) is 2.19. The van der Waals surface area contributed by atoms with Crippen molar-refractivity contribution in [3.63, 3.8) is 0 Å². The molecule has 118 valence electrons. The van der Waals surface area contributed by atoms with Crippen LogP contribution in [0.5, 0.6) is 0 Å². The zero-order valence-electron chi connectivity index (χ0n) is 11.5. The third-order valence-corrected chi connectivity index (χ3v) is 3.51. The first kappa shape index (κ1) is 16.3. The van der Waals surface area contributed by atoms with E-state index in [1.54, 1.807) is 19.1 Å². The summed E-state index contributed by atoms with van der Waals surface area (Å²) in [6, 6.07) is 4.37. The van der Waals surface area contributed by atoms with Gasteiger partial charge >= 0.3 is 0 Å². The normalized spacial score (nSPS) is 31.1. The van der Waals surface area contributed by atoms with Crippen molar-refractivity contribution in [1.82, 2.24) is 0 Å². The number of hydrogen-bond acceptors (Lipinski definition) is 6. The Kier molecular flexibility index (Phi) is 5.26. The number of aliphatic hydroxyl groups excluding tert-OH is 4. The summed E-state index contributed by atoms with van der Waals surface area (Å²) >= 11 is 0. The molecule has 6 nitrogen and oxygen atoms in total. The third-order valence-electron chi connectivity index (χ3n) is 3.51. The molecule has 1 aliphatic heterocycles. The fraction of sp³-hybridized carbons (Fsp3) is 0.571. The SMILES string of the molecule is Cc1ccc(C2O[C@H]([C@H](O)CO)[C@H](O)[C@H](CO)O2)cc1F. The lowest BCUT2D eigenvalue weighted by Gasteiger charge is -2.40. The molecule has 1 fully saturated rings. The second kappa shape index (κ2) is 6.78. The van der Waals surface area contributed by atoms with E-state index in [2.05, 4.69) is 0 Å². The number of hydrogen-bond donors (Lipinski definition) is 4. The van der Waals surface area contributed by atoms with Crippen molar-refractivity contribution in [3.05, 3.63) is 35.1 Å². The van der Waals surface area contributed by atoms with Gasteiger partial charge in [0.1, 0.15) is 30.2 Å². The van der Waals surface area contributed by atoms with Crippen LogP contribution in [0, 0.1) is 12.7 Å². The highest BCUT2D eigenvalue weighted by molar-refractivity contribution is 5.24. The van der Waals surface area contributed by atoms with E-state index in [1.165, 1.54) is 6.07 Å². The maximum atomic E-state index is 13.6. The Hall–Kier alpha value is -1.09. The summed E-state index contributed by atoms with van der Waals surface area (Å²) in [6.45, 7) is 0.499. The van der Waals surface area contributed by atoms with Crippen LogP contribution in [0.15, 0.2) is 18.2 Å². The summed E-state index contributed by atoms with van der Waals surface area (Å²) in [5.41, 5.74) is 0.818. The first-order valence-electron chi connectivity index (χ1n) is 6.62. The molecule has 0 aromatic heterocycles. The van der Waals surface area contributed by atoms with Crippen LogP contribution in [0.1, 0.15) is 17.4 Å². The molecule has 2 rings (SSSR count). The maximum absolute atomic E-state index is 13.6. The number of benzene rings is 1. The van der Waals surface area contributed by atoms with Gasteiger partial charge in [-0.25, -0.2) is 4.39 Å². The zero-order chi connectivity index (χ0) is 15.6. The van der Waals surface area contributed by atoms with Crippen LogP contribution >= 0.6 is 0 Å². The molecule has 1 aromatic carbocycles. The first-order chi connectivity index (χ1) is 9.97. The lowest BCUT2D eigenvalue weighted by atomic mass is 10.0. The van der Waals surface area contributed by atoms with Gasteiger partial charge < -0.3 is 29.9 Å². The predicted molar refractivity (Wildman–Crippen MR) is 69.8 cm³/mol. The van der Waals surface area contributed by atoms with Gasteiger partial charge in [0.15, 0.2) is 6.29 Å². The van der Waals surface area contributed by atoms with Crippen molar-refractivity contribution in [3.8, 4) is 0 Å². The maximum Gasteiger partial charge on any atom is 0.185 e. The molecular weight excluding hydrogens is 283 g/mol. The van der Waals surface area contributed by atoms with E-state index in [4.69, 9.17) is 14.6 Å². The van der Waals surface area contributed by atoms with Crippen molar-refractivity contribution in [1.29, 1.82) is 0 Å². The molecule has 5 atom stereocenters. The van der Waals surface area contributed by atoms with Crippen LogP contribution in [-0.4, -0.2) is 58.1 Å². The fourth-order valence-electron chi connectivity index (χ4n) is 2.19. The van der Waals surface area contributed by atoms with Gasteiger partial charge in [0.05, 0.1) is 13.2 Å². The molecule has 21 heavy (non-hydrogen) atoms. The smallest absolute Gasteiger partial charge is 0.185 e. The van der Waals surface area contributed by atoms with E-state index in [1.807, 2.05) is 0 Å². The first-order valence-corrected chi connectivity index (χ1v) is 6.62. The van der Waals surface area contributed by atoms with Gasteiger partial charge in [0, 0.05) is 5.56 Å². The van der Waals surface area contributed by atoms with Gasteiger partial charge in [-0.1, -0.05) is 12.1 Å². The van der Waals surface area contributed by atoms with Gasteiger partial charge in [0.25, 0.3) is 0 Å². The molecule has 0 radical (unpaired) electrons. The Labute approximate surface area is 121 Å². The molecule has 1 saturated heterocycles. The number of aryl methyl sites for hydroxylation is 1. The van der Waals surface area contributed by atoms with Crippen LogP contribution in [0.2, 0.25) is 0 Å². The highest BCUT2D eigenvalue weighted by atomic mass is 19.1. The molecule has 1 unspecified atom stereocenters. The Balaban J connectivity index is 2.24. The Morgan fingerprint density at radius 1 is 1.29 bits per heavy atom. The van der Waals surface area contributed by atoms with Crippen LogP contribution in [0.4, 0.5) is 4.39 Å². The summed E-state index contributed by atoms with van der Waals surface area (Å²) in [4.78, 5) is 0. The Morgan fingerprint density at radius 3 is 2.57 bits per heavy atom. The summed E-state index contributed by atoms with van der Waals surface area (Å²) in [5, 5.41) is 37.9. The largest absolute Gasteiger partial charge is 0.394 e. The van der Waals surface area contributed by atoms with Crippen molar-refractivity contribution >= 4 is 0 Å². The predicted octanol–water partition coefficient (Wildman–Crippen LogP) is -0.377.